The molecule has 0 aliphatic carbocycles. The van der Waals surface area contributed by atoms with E-state index in [4.69, 9.17) is 27.9 Å². The first-order valence-corrected chi connectivity index (χ1v) is 12.2. The largest absolute Gasteiger partial charge is 0.484 e. The molecular weight excluding hydrogens is 459 g/mol. The van der Waals surface area contributed by atoms with Crippen molar-refractivity contribution in [3.63, 3.8) is 0 Å². The maximum absolute atomic E-state index is 13.3. The molecule has 0 bridgehead atoms. The van der Waals surface area contributed by atoms with Crippen LogP contribution >= 0.6 is 23.2 Å². The predicted molar refractivity (Wildman–Crippen MR) is 135 cm³/mol. The van der Waals surface area contributed by atoms with Gasteiger partial charge in [0.15, 0.2) is 6.61 Å². The first kappa shape index (κ1) is 27.0. The Hall–Kier alpha value is -2.24. The molecule has 2 aromatic carbocycles. The summed E-state index contributed by atoms with van der Waals surface area (Å²) in [6, 6.07) is 12.2. The molecule has 2 amide bonds. The molecule has 1 N–H and O–H groups in total. The van der Waals surface area contributed by atoms with Crippen LogP contribution in [0.2, 0.25) is 10.0 Å². The van der Waals surface area contributed by atoms with Gasteiger partial charge in [-0.05, 0) is 55.5 Å². The second-order valence-corrected chi connectivity index (χ2v) is 9.29. The molecule has 7 heteroatoms. The molecule has 33 heavy (non-hydrogen) atoms. The molecule has 2 rings (SSSR count). The topological polar surface area (TPSA) is 58.6 Å². The number of hydrogen-bond acceptors (Lipinski definition) is 3. The highest BCUT2D eigenvalue weighted by Crippen LogP contribution is 2.27. The summed E-state index contributed by atoms with van der Waals surface area (Å²) in [7, 11) is 0. The summed E-state index contributed by atoms with van der Waals surface area (Å²) in [5.74, 6) is 0.487. The lowest BCUT2D eigenvalue weighted by atomic mass is 10.0. The number of carbonyl (C=O) groups is 2. The number of hydrogen-bond donors (Lipinski definition) is 1. The number of halogens is 2. The summed E-state index contributed by atoms with van der Waals surface area (Å²) >= 11 is 12.7. The van der Waals surface area contributed by atoms with Crippen molar-refractivity contribution >= 4 is 35.0 Å². The standard InChI is InChI=1S/C26H34Cl2N2O3/c1-6-18(5)29-26(32)24(7-2)30(15-21-22(27)9-8-10-23(21)28)25(31)16-33-20-13-11-19(12-14-20)17(3)4/h8-14,17-18,24H,6-7,15-16H2,1-5H3,(H,29,32)/t18-,24+/m1/s1. The normalized spacial score (nSPS) is 12.8. The van der Waals surface area contributed by atoms with Crippen LogP contribution in [0.4, 0.5) is 0 Å². The Kier molecular flexibility index (Phi) is 10.5. The average molecular weight is 493 g/mol. The molecule has 2 aromatic rings. The highest BCUT2D eigenvalue weighted by atomic mass is 35.5. The fourth-order valence-electron chi connectivity index (χ4n) is 3.39. The van der Waals surface area contributed by atoms with E-state index in [9.17, 15) is 9.59 Å². The van der Waals surface area contributed by atoms with Crippen LogP contribution in [0, 0.1) is 0 Å². The number of amides is 2. The van der Waals surface area contributed by atoms with Gasteiger partial charge in [-0.15, -0.1) is 0 Å². The Morgan fingerprint density at radius 1 is 0.970 bits per heavy atom. The Bertz CT molecular complexity index is 911. The summed E-state index contributed by atoms with van der Waals surface area (Å²) < 4.78 is 5.77. The molecule has 0 unspecified atom stereocenters. The molecule has 0 heterocycles. The fourth-order valence-corrected chi connectivity index (χ4v) is 3.91. The lowest BCUT2D eigenvalue weighted by Gasteiger charge is -2.32. The van der Waals surface area contributed by atoms with Gasteiger partial charge in [-0.1, -0.05) is 69.1 Å². The number of carbonyl (C=O) groups excluding carboxylic acids is 2. The van der Waals surface area contributed by atoms with Crippen LogP contribution in [-0.4, -0.2) is 35.4 Å². The molecule has 0 fully saturated rings. The summed E-state index contributed by atoms with van der Waals surface area (Å²) in [4.78, 5) is 27.8. The second-order valence-electron chi connectivity index (χ2n) is 8.48. The SMILES string of the molecule is CC[C@@H](C)NC(=O)[C@H](CC)N(Cc1c(Cl)cccc1Cl)C(=O)COc1ccc(C(C)C)cc1. The van der Waals surface area contributed by atoms with E-state index in [2.05, 4.69) is 19.2 Å². The van der Waals surface area contributed by atoms with Gasteiger partial charge in [0.2, 0.25) is 5.91 Å². The monoisotopic (exact) mass is 492 g/mol. The molecule has 0 saturated heterocycles. The highest BCUT2D eigenvalue weighted by Gasteiger charge is 2.30. The molecule has 5 nitrogen and oxygen atoms in total. The molecule has 0 spiro atoms. The van der Waals surface area contributed by atoms with Gasteiger partial charge in [0.05, 0.1) is 0 Å². The van der Waals surface area contributed by atoms with Gasteiger partial charge in [-0.25, -0.2) is 0 Å². The lowest BCUT2D eigenvalue weighted by molar-refractivity contribution is -0.143. The number of ether oxygens (including phenoxy) is 1. The van der Waals surface area contributed by atoms with E-state index in [1.54, 1.807) is 18.2 Å². The van der Waals surface area contributed by atoms with Crippen LogP contribution in [0.3, 0.4) is 0 Å². The van der Waals surface area contributed by atoms with Crippen LogP contribution in [0.15, 0.2) is 42.5 Å². The zero-order valence-electron chi connectivity index (χ0n) is 20.0. The number of nitrogens with zero attached hydrogens (tertiary/aromatic N) is 1. The maximum atomic E-state index is 13.3. The molecular formula is C26H34Cl2N2O3. The minimum atomic E-state index is -0.675. The molecule has 0 radical (unpaired) electrons. The van der Waals surface area contributed by atoms with E-state index in [0.29, 0.717) is 33.7 Å². The predicted octanol–water partition coefficient (Wildman–Crippen LogP) is 6.22. The van der Waals surface area contributed by atoms with Gasteiger partial charge in [0.1, 0.15) is 11.8 Å². The summed E-state index contributed by atoms with van der Waals surface area (Å²) in [5, 5.41) is 3.88. The maximum Gasteiger partial charge on any atom is 0.261 e. The van der Waals surface area contributed by atoms with E-state index >= 15 is 0 Å². The molecule has 0 saturated carbocycles. The number of nitrogens with one attached hydrogen (secondary N) is 1. The van der Waals surface area contributed by atoms with Crippen LogP contribution in [-0.2, 0) is 16.1 Å². The zero-order valence-corrected chi connectivity index (χ0v) is 21.5. The fraction of sp³-hybridized carbons (Fsp3) is 0.462. The van der Waals surface area contributed by atoms with Crippen LogP contribution < -0.4 is 10.1 Å². The van der Waals surface area contributed by atoms with Crippen molar-refractivity contribution in [1.29, 1.82) is 0 Å². The van der Waals surface area contributed by atoms with Crippen molar-refractivity contribution in [2.45, 2.75) is 72.0 Å². The molecule has 180 valence electrons. The average Bonchev–Trinajstić information content (AvgIpc) is 2.79. The van der Waals surface area contributed by atoms with Crippen molar-refractivity contribution in [3.05, 3.63) is 63.6 Å². The van der Waals surface area contributed by atoms with Crippen LogP contribution in [0.1, 0.15) is 64.5 Å². The van der Waals surface area contributed by atoms with Gasteiger partial charge in [-0.3, -0.25) is 9.59 Å². The minimum Gasteiger partial charge on any atom is -0.484 e. The third-order valence-electron chi connectivity index (χ3n) is 5.69. The Morgan fingerprint density at radius 3 is 2.09 bits per heavy atom. The first-order chi connectivity index (χ1) is 15.7. The molecule has 0 aliphatic heterocycles. The number of benzene rings is 2. The van der Waals surface area contributed by atoms with Crippen molar-refractivity contribution in [2.24, 2.45) is 0 Å². The van der Waals surface area contributed by atoms with Crippen molar-refractivity contribution in [1.82, 2.24) is 10.2 Å². The van der Waals surface area contributed by atoms with Gasteiger partial charge in [0.25, 0.3) is 5.91 Å². The lowest BCUT2D eigenvalue weighted by Crippen LogP contribution is -2.51. The van der Waals surface area contributed by atoms with E-state index in [-0.39, 0.29) is 31.0 Å². The van der Waals surface area contributed by atoms with Gasteiger partial charge in [0, 0.05) is 28.2 Å². The molecule has 2 atom stereocenters. The van der Waals surface area contributed by atoms with Crippen LogP contribution in [0.5, 0.6) is 5.75 Å². The quantitative estimate of drug-likeness (QED) is 0.405. The zero-order chi connectivity index (χ0) is 24.5. The summed E-state index contributed by atoms with van der Waals surface area (Å²) in [6.45, 7) is 9.96. The third kappa shape index (κ3) is 7.65. The van der Waals surface area contributed by atoms with E-state index < -0.39 is 6.04 Å². The first-order valence-electron chi connectivity index (χ1n) is 11.4. The van der Waals surface area contributed by atoms with Gasteiger partial charge in [-0.2, -0.15) is 0 Å². The third-order valence-corrected chi connectivity index (χ3v) is 6.39. The van der Waals surface area contributed by atoms with E-state index in [1.165, 1.54) is 10.5 Å². The smallest absolute Gasteiger partial charge is 0.261 e. The van der Waals surface area contributed by atoms with E-state index in [1.807, 2.05) is 45.0 Å². The van der Waals surface area contributed by atoms with Crippen molar-refractivity contribution in [3.8, 4) is 5.75 Å². The van der Waals surface area contributed by atoms with Gasteiger partial charge < -0.3 is 15.0 Å². The van der Waals surface area contributed by atoms with Crippen molar-refractivity contribution in [2.75, 3.05) is 6.61 Å². The number of rotatable bonds is 11. The Morgan fingerprint density at radius 2 is 1.58 bits per heavy atom. The minimum absolute atomic E-state index is 0.00289. The van der Waals surface area contributed by atoms with Crippen LogP contribution in [0.25, 0.3) is 0 Å². The van der Waals surface area contributed by atoms with Crippen molar-refractivity contribution < 1.29 is 14.3 Å². The molecule has 0 aromatic heterocycles. The highest BCUT2D eigenvalue weighted by molar-refractivity contribution is 6.36. The Labute approximate surface area is 207 Å². The molecule has 0 aliphatic rings. The summed E-state index contributed by atoms with van der Waals surface area (Å²) in [6.07, 6.45) is 1.24. The van der Waals surface area contributed by atoms with Gasteiger partial charge >= 0.3 is 0 Å². The second kappa shape index (κ2) is 12.9. The Balaban J connectivity index is 2.26. The summed E-state index contributed by atoms with van der Waals surface area (Å²) in [5.41, 5.74) is 1.79. The van der Waals surface area contributed by atoms with E-state index in [0.717, 1.165) is 6.42 Å².